The number of hydrogen-bond acceptors (Lipinski definition) is 4. The molecule has 1 saturated heterocycles. The molecule has 0 unspecified atom stereocenters. The van der Waals surface area contributed by atoms with Gasteiger partial charge in [0, 0.05) is 19.4 Å². The van der Waals surface area contributed by atoms with E-state index in [1.807, 2.05) is 12.1 Å². The Kier molecular flexibility index (Phi) is 7.58. The third-order valence-electron chi connectivity index (χ3n) is 7.33. The minimum atomic E-state index is -2.72. The van der Waals surface area contributed by atoms with Gasteiger partial charge in [-0.3, -0.25) is 4.79 Å². The van der Waals surface area contributed by atoms with Crippen LogP contribution in [-0.2, 0) is 18.7 Å². The Morgan fingerprint density at radius 1 is 1.06 bits per heavy atom. The predicted octanol–water partition coefficient (Wildman–Crippen LogP) is 5.01. The van der Waals surface area contributed by atoms with Gasteiger partial charge in [-0.05, 0) is 28.3 Å². The number of hydrogen-bond donors (Lipinski definition) is 0. The average molecular weight is 479 g/mol. The normalized spacial score (nSPS) is 21.3. The first-order chi connectivity index (χ1) is 16.3. The third kappa shape index (κ3) is 4.85. The van der Waals surface area contributed by atoms with Crippen molar-refractivity contribution in [2.75, 3.05) is 13.2 Å². The van der Waals surface area contributed by atoms with Gasteiger partial charge in [0.2, 0.25) is 0 Å². The molecular weight excluding hydrogens is 440 g/mol. The molecule has 0 aromatic heterocycles. The van der Waals surface area contributed by atoms with Crippen LogP contribution in [0.3, 0.4) is 0 Å². The van der Waals surface area contributed by atoms with E-state index >= 15 is 0 Å². The van der Waals surface area contributed by atoms with Crippen molar-refractivity contribution < 1.29 is 18.7 Å². The number of carbonyl (C=O) groups excluding carboxylic acids is 1. The van der Waals surface area contributed by atoms with Crippen LogP contribution in [0.4, 0.5) is 0 Å². The molecule has 2 aromatic carbocycles. The second-order valence-corrected chi connectivity index (χ2v) is 14.9. The highest BCUT2D eigenvalue weighted by Crippen LogP contribution is 2.39. The van der Waals surface area contributed by atoms with Crippen molar-refractivity contribution in [2.24, 2.45) is 5.92 Å². The molecule has 2 aromatic rings. The molecule has 1 spiro atoms. The summed E-state index contributed by atoms with van der Waals surface area (Å²) in [6.07, 6.45) is 6.28. The maximum atomic E-state index is 13.5. The largest absolute Gasteiger partial charge is 0.406 e. The quantitative estimate of drug-likeness (QED) is 0.395. The molecule has 0 bridgehead atoms. The Labute approximate surface area is 205 Å². The minimum absolute atomic E-state index is 0.00961. The van der Waals surface area contributed by atoms with Gasteiger partial charge >= 0.3 is 0 Å². The number of ether oxygens (including phenoxy) is 2. The fourth-order valence-corrected chi connectivity index (χ4v) is 10.1. The smallest absolute Gasteiger partial charge is 0.261 e. The Morgan fingerprint density at radius 2 is 1.62 bits per heavy atom. The molecule has 182 valence electrons. The van der Waals surface area contributed by atoms with Crippen LogP contribution in [0.25, 0.3) is 0 Å². The summed E-state index contributed by atoms with van der Waals surface area (Å²) in [7, 11) is -2.72. The SMILES string of the molecule is C=C[C@H](CO[Si](c1ccccc1)(c1ccccc1)C(C)(C)C)C(=O)[C@H]1COC2(CCCCC2)O1. The summed E-state index contributed by atoms with van der Waals surface area (Å²) in [5.41, 5.74) is 0. The van der Waals surface area contributed by atoms with E-state index in [2.05, 4.69) is 75.9 Å². The number of carbonyl (C=O) groups is 1. The first-order valence-corrected chi connectivity index (χ1v) is 14.5. The standard InChI is InChI=1S/C29H38O4Si/c1-5-23(27(30)26-22-31-29(33-26)19-13-8-14-20-29)21-32-34(28(2,3)4,24-15-9-6-10-16-24)25-17-11-7-12-18-25/h5-7,9-12,15-18,23,26H,1,8,13-14,19-22H2,2-4H3/t23-,26-/m1/s1. The third-order valence-corrected chi connectivity index (χ3v) is 12.3. The van der Waals surface area contributed by atoms with Gasteiger partial charge in [0.05, 0.1) is 12.5 Å². The predicted molar refractivity (Wildman–Crippen MR) is 139 cm³/mol. The molecule has 2 fully saturated rings. The van der Waals surface area contributed by atoms with Crippen LogP contribution in [0.5, 0.6) is 0 Å². The van der Waals surface area contributed by atoms with Crippen LogP contribution >= 0.6 is 0 Å². The van der Waals surface area contributed by atoms with E-state index in [1.165, 1.54) is 16.8 Å². The van der Waals surface area contributed by atoms with Crippen LogP contribution in [0.2, 0.25) is 5.04 Å². The molecule has 0 N–H and O–H groups in total. The highest BCUT2D eigenvalue weighted by molar-refractivity contribution is 6.99. The van der Waals surface area contributed by atoms with Crippen molar-refractivity contribution in [2.45, 2.75) is 69.8 Å². The molecule has 5 heteroatoms. The summed E-state index contributed by atoms with van der Waals surface area (Å²) in [6, 6.07) is 21.0. The van der Waals surface area contributed by atoms with Gasteiger partial charge in [0.25, 0.3) is 8.32 Å². The van der Waals surface area contributed by atoms with E-state index in [1.54, 1.807) is 6.08 Å². The Balaban J connectivity index is 1.59. The zero-order chi connectivity index (χ0) is 24.2. The van der Waals surface area contributed by atoms with Crippen molar-refractivity contribution in [3.8, 4) is 0 Å². The highest BCUT2D eigenvalue weighted by Gasteiger charge is 2.51. The van der Waals surface area contributed by atoms with Crippen LogP contribution < -0.4 is 10.4 Å². The Hall–Kier alpha value is -2.05. The molecule has 1 aliphatic heterocycles. The number of rotatable bonds is 8. The van der Waals surface area contributed by atoms with E-state index in [0.29, 0.717) is 6.61 Å². The topological polar surface area (TPSA) is 44.8 Å². The van der Waals surface area contributed by atoms with Crippen molar-refractivity contribution >= 4 is 24.5 Å². The first kappa shape index (κ1) is 25.1. The fourth-order valence-electron chi connectivity index (χ4n) is 5.53. The van der Waals surface area contributed by atoms with E-state index in [-0.39, 0.29) is 17.4 Å². The maximum absolute atomic E-state index is 13.5. The minimum Gasteiger partial charge on any atom is -0.406 e. The van der Waals surface area contributed by atoms with E-state index in [9.17, 15) is 4.79 Å². The summed E-state index contributed by atoms with van der Waals surface area (Å²) in [6.45, 7) is 11.3. The maximum Gasteiger partial charge on any atom is 0.261 e. The zero-order valence-corrected chi connectivity index (χ0v) is 21.8. The molecule has 1 saturated carbocycles. The second kappa shape index (κ2) is 10.3. The van der Waals surface area contributed by atoms with Crippen molar-refractivity contribution in [3.63, 3.8) is 0 Å². The number of benzene rings is 2. The van der Waals surface area contributed by atoms with Crippen LogP contribution in [0.1, 0.15) is 52.9 Å². The molecule has 0 amide bonds. The second-order valence-electron chi connectivity index (χ2n) is 10.6. The summed E-state index contributed by atoms with van der Waals surface area (Å²) >= 11 is 0. The number of ketones is 1. The lowest BCUT2D eigenvalue weighted by Gasteiger charge is -2.43. The van der Waals surface area contributed by atoms with E-state index in [4.69, 9.17) is 13.9 Å². The molecule has 4 rings (SSSR count). The van der Waals surface area contributed by atoms with Gasteiger partial charge in [-0.1, -0.05) is 93.9 Å². The van der Waals surface area contributed by atoms with Gasteiger partial charge in [-0.2, -0.15) is 0 Å². The number of Topliss-reactive ketones (excluding diaryl/α,β-unsaturated/α-hetero) is 1. The van der Waals surface area contributed by atoms with E-state index in [0.717, 1.165) is 25.7 Å². The van der Waals surface area contributed by atoms with E-state index < -0.39 is 26.1 Å². The lowest BCUT2D eigenvalue weighted by molar-refractivity contribution is -0.189. The van der Waals surface area contributed by atoms with Crippen LogP contribution in [-0.4, -0.2) is 39.2 Å². The monoisotopic (exact) mass is 478 g/mol. The molecule has 1 aliphatic carbocycles. The van der Waals surface area contributed by atoms with Crippen LogP contribution in [0.15, 0.2) is 73.3 Å². The van der Waals surface area contributed by atoms with Gasteiger partial charge in [-0.15, -0.1) is 6.58 Å². The van der Waals surface area contributed by atoms with Crippen molar-refractivity contribution in [1.82, 2.24) is 0 Å². The summed E-state index contributed by atoms with van der Waals surface area (Å²) in [4.78, 5) is 13.5. The molecule has 2 aliphatic rings. The molecule has 34 heavy (non-hydrogen) atoms. The summed E-state index contributed by atoms with van der Waals surface area (Å²) in [5.74, 6) is -1.01. The Morgan fingerprint density at radius 3 is 2.12 bits per heavy atom. The van der Waals surface area contributed by atoms with Crippen molar-refractivity contribution in [1.29, 1.82) is 0 Å². The van der Waals surface area contributed by atoms with Gasteiger partial charge in [0.1, 0.15) is 6.10 Å². The van der Waals surface area contributed by atoms with Crippen molar-refractivity contribution in [3.05, 3.63) is 73.3 Å². The average Bonchev–Trinajstić information content (AvgIpc) is 3.25. The van der Waals surface area contributed by atoms with Crippen LogP contribution in [0, 0.1) is 5.92 Å². The lowest BCUT2D eigenvalue weighted by atomic mass is 9.94. The Bertz CT molecular complexity index is 921. The first-order valence-electron chi connectivity index (χ1n) is 12.5. The van der Waals surface area contributed by atoms with Gasteiger partial charge in [-0.25, -0.2) is 0 Å². The van der Waals surface area contributed by atoms with Gasteiger partial charge in [0.15, 0.2) is 11.6 Å². The fraction of sp³-hybridized carbons (Fsp3) is 0.483. The highest BCUT2D eigenvalue weighted by atomic mass is 28.4. The summed E-state index contributed by atoms with van der Waals surface area (Å²) < 4.78 is 19.3. The lowest BCUT2D eigenvalue weighted by Crippen LogP contribution is -2.67. The zero-order valence-electron chi connectivity index (χ0n) is 20.8. The van der Waals surface area contributed by atoms with Gasteiger partial charge < -0.3 is 13.9 Å². The summed E-state index contributed by atoms with van der Waals surface area (Å²) in [5, 5.41) is 2.25. The molecule has 1 heterocycles. The molecular formula is C29H38O4Si. The molecule has 2 atom stereocenters. The molecule has 0 radical (unpaired) electrons. The molecule has 4 nitrogen and oxygen atoms in total.